The van der Waals surface area contributed by atoms with Crippen LogP contribution in [0.15, 0.2) is 42.6 Å². The van der Waals surface area contributed by atoms with E-state index in [9.17, 15) is 0 Å². The second-order valence-corrected chi connectivity index (χ2v) is 4.77. The fraction of sp³-hybridized carbons (Fsp3) is 0.125. The molecule has 3 aromatic rings. The molecule has 6 nitrogen and oxygen atoms in total. The van der Waals surface area contributed by atoms with E-state index in [1.54, 1.807) is 19.4 Å². The normalized spacial score (nSPS) is 10.5. The SMILES string of the molecule is COc1ccc(-c2cnc(N)nc2-c2ccccc2C)nn1. The predicted molar refractivity (Wildman–Crippen MR) is 84.2 cm³/mol. The maximum Gasteiger partial charge on any atom is 0.233 e. The van der Waals surface area contributed by atoms with E-state index in [0.717, 1.165) is 22.4 Å². The Morgan fingerprint density at radius 3 is 2.50 bits per heavy atom. The molecule has 0 radical (unpaired) electrons. The molecule has 2 heterocycles. The van der Waals surface area contributed by atoms with Gasteiger partial charge in [0.15, 0.2) is 0 Å². The van der Waals surface area contributed by atoms with Gasteiger partial charge in [0, 0.05) is 23.4 Å². The van der Waals surface area contributed by atoms with Gasteiger partial charge >= 0.3 is 0 Å². The molecule has 3 rings (SSSR count). The minimum atomic E-state index is 0.225. The second-order valence-electron chi connectivity index (χ2n) is 4.77. The highest BCUT2D eigenvalue weighted by atomic mass is 16.5. The highest BCUT2D eigenvalue weighted by Crippen LogP contribution is 2.31. The molecule has 0 aliphatic carbocycles. The van der Waals surface area contributed by atoms with Crippen LogP contribution in [-0.2, 0) is 0 Å². The van der Waals surface area contributed by atoms with Crippen molar-refractivity contribution in [1.29, 1.82) is 0 Å². The van der Waals surface area contributed by atoms with Crippen LogP contribution in [0.4, 0.5) is 5.95 Å². The summed E-state index contributed by atoms with van der Waals surface area (Å²) in [5, 5.41) is 8.16. The molecule has 6 heteroatoms. The minimum Gasteiger partial charge on any atom is -0.480 e. The number of anilines is 1. The highest BCUT2D eigenvalue weighted by molar-refractivity contribution is 5.80. The molecule has 1 aromatic carbocycles. The Bertz CT molecular complexity index is 802. The Hall–Kier alpha value is -3.02. The molecule has 0 bridgehead atoms. The summed E-state index contributed by atoms with van der Waals surface area (Å²) in [5.74, 6) is 0.682. The first-order chi connectivity index (χ1) is 10.7. The molecule has 0 saturated heterocycles. The summed E-state index contributed by atoms with van der Waals surface area (Å²) in [6.07, 6.45) is 1.67. The van der Waals surface area contributed by atoms with E-state index in [0.29, 0.717) is 11.6 Å². The van der Waals surface area contributed by atoms with Crippen LogP contribution in [0.25, 0.3) is 22.5 Å². The molecule has 0 unspecified atom stereocenters. The van der Waals surface area contributed by atoms with E-state index in [1.807, 2.05) is 37.3 Å². The smallest absolute Gasteiger partial charge is 0.233 e. The third-order valence-electron chi connectivity index (χ3n) is 3.33. The zero-order chi connectivity index (χ0) is 15.5. The molecule has 2 aromatic heterocycles. The molecule has 0 saturated carbocycles. The number of hydrogen-bond donors (Lipinski definition) is 1. The van der Waals surface area contributed by atoms with Crippen molar-refractivity contribution in [3.05, 3.63) is 48.2 Å². The molecule has 22 heavy (non-hydrogen) atoms. The summed E-state index contributed by atoms with van der Waals surface area (Å²) in [4.78, 5) is 8.47. The van der Waals surface area contributed by atoms with Gasteiger partial charge in [0.1, 0.15) is 0 Å². The minimum absolute atomic E-state index is 0.225. The van der Waals surface area contributed by atoms with E-state index in [1.165, 1.54) is 0 Å². The van der Waals surface area contributed by atoms with Crippen LogP contribution in [0, 0.1) is 6.92 Å². The van der Waals surface area contributed by atoms with Crippen molar-refractivity contribution in [2.75, 3.05) is 12.8 Å². The molecule has 0 fully saturated rings. The quantitative estimate of drug-likeness (QED) is 0.798. The van der Waals surface area contributed by atoms with Crippen molar-refractivity contribution in [1.82, 2.24) is 20.2 Å². The number of nitrogens with two attached hydrogens (primary N) is 1. The maximum atomic E-state index is 5.76. The number of ether oxygens (including phenoxy) is 1. The van der Waals surface area contributed by atoms with Crippen molar-refractivity contribution in [2.45, 2.75) is 6.92 Å². The number of nitrogen functional groups attached to an aromatic ring is 1. The first-order valence-electron chi connectivity index (χ1n) is 6.75. The summed E-state index contributed by atoms with van der Waals surface area (Å²) in [7, 11) is 1.55. The van der Waals surface area contributed by atoms with Crippen molar-refractivity contribution >= 4 is 5.95 Å². The molecule has 0 spiro atoms. The van der Waals surface area contributed by atoms with Gasteiger partial charge in [-0.25, -0.2) is 9.97 Å². The first-order valence-corrected chi connectivity index (χ1v) is 6.75. The van der Waals surface area contributed by atoms with Gasteiger partial charge in [-0.1, -0.05) is 24.3 Å². The summed E-state index contributed by atoms with van der Waals surface area (Å²) in [5.41, 5.74) is 10.0. The monoisotopic (exact) mass is 293 g/mol. The maximum absolute atomic E-state index is 5.76. The van der Waals surface area contributed by atoms with E-state index in [2.05, 4.69) is 20.2 Å². The summed E-state index contributed by atoms with van der Waals surface area (Å²) < 4.78 is 5.03. The fourth-order valence-electron chi connectivity index (χ4n) is 2.20. The molecule has 110 valence electrons. The first kappa shape index (κ1) is 13.9. The number of aromatic nitrogens is 4. The van der Waals surface area contributed by atoms with Gasteiger partial charge in [-0.05, 0) is 18.6 Å². The predicted octanol–water partition coefficient (Wildman–Crippen LogP) is 2.50. The van der Waals surface area contributed by atoms with E-state index >= 15 is 0 Å². The number of hydrogen-bond acceptors (Lipinski definition) is 6. The highest BCUT2D eigenvalue weighted by Gasteiger charge is 2.14. The third-order valence-corrected chi connectivity index (χ3v) is 3.33. The van der Waals surface area contributed by atoms with E-state index in [-0.39, 0.29) is 5.95 Å². The zero-order valence-electron chi connectivity index (χ0n) is 12.3. The number of nitrogens with zero attached hydrogens (tertiary/aromatic N) is 4. The average Bonchev–Trinajstić information content (AvgIpc) is 2.55. The number of methoxy groups -OCH3 is 1. The topological polar surface area (TPSA) is 86.8 Å². The lowest BCUT2D eigenvalue weighted by atomic mass is 10.0. The second kappa shape index (κ2) is 5.77. The van der Waals surface area contributed by atoms with Gasteiger partial charge in [-0.3, -0.25) is 0 Å². The molecule has 2 N–H and O–H groups in total. The van der Waals surface area contributed by atoms with Gasteiger partial charge in [-0.2, -0.15) is 0 Å². The number of rotatable bonds is 3. The molecular formula is C16H15N5O. The Morgan fingerprint density at radius 1 is 1.00 bits per heavy atom. The van der Waals surface area contributed by atoms with Gasteiger partial charge in [0.2, 0.25) is 11.8 Å². The molecular weight excluding hydrogens is 278 g/mol. The van der Waals surface area contributed by atoms with Crippen molar-refractivity contribution < 1.29 is 4.74 Å². The summed E-state index contributed by atoms with van der Waals surface area (Å²) in [6, 6.07) is 11.5. The number of benzene rings is 1. The zero-order valence-corrected chi connectivity index (χ0v) is 12.3. The van der Waals surface area contributed by atoms with Crippen molar-refractivity contribution in [3.8, 4) is 28.4 Å². The van der Waals surface area contributed by atoms with Gasteiger partial charge in [0.05, 0.1) is 18.5 Å². The Balaban J connectivity index is 2.18. The lowest BCUT2D eigenvalue weighted by Gasteiger charge is -2.10. The number of aryl methyl sites for hydroxylation is 1. The van der Waals surface area contributed by atoms with Gasteiger partial charge in [0.25, 0.3) is 0 Å². The van der Waals surface area contributed by atoms with Crippen LogP contribution in [0.2, 0.25) is 0 Å². The van der Waals surface area contributed by atoms with E-state index < -0.39 is 0 Å². The lowest BCUT2D eigenvalue weighted by Crippen LogP contribution is -2.01. The Labute approximate surface area is 128 Å². The van der Waals surface area contributed by atoms with Crippen LogP contribution < -0.4 is 10.5 Å². The van der Waals surface area contributed by atoms with E-state index in [4.69, 9.17) is 10.5 Å². The third kappa shape index (κ3) is 2.58. The average molecular weight is 293 g/mol. The standard InChI is InChI=1S/C16H15N5O/c1-10-5-3-4-6-11(10)15-12(9-18-16(17)19-15)13-7-8-14(22-2)21-20-13/h3-9H,1-2H3,(H2,17,18,19). The molecule has 0 aliphatic rings. The van der Waals surface area contributed by atoms with Crippen LogP contribution in [0.5, 0.6) is 5.88 Å². The fourth-order valence-corrected chi connectivity index (χ4v) is 2.20. The van der Waals surface area contributed by atoms with Gasteiger partial charge in [-0.15, -0.1) is 10.2 Å². The van der Waals surface area contributed by atoms with Crippen molar-refractivity contribution in [3.63, 3.8) is 0 Å². The van der Waals surface area contributed by atoms with Crippen LogP contribution in [0.3, 0.4) is 0 Å². The Morgan fingerprint density at radius 2 is 1.82 bits per heavy atom. The summed E-state index contributed by atoms with van der Waals surface area (Å²) >= 11 is 0. The Kier molecular flexibility index (Phi) is 3.65. The largest absolute Gasteiger partial charge is 0.480 e. The van der Waals surface area contributed by atoms with Crippen molar-refractivity contribution in [2.24, 2.45) is 0 Å². The molecule has 0 atom stereocenters. The summed E-state index contributed by atoms with van der Waals surface area (Å²) in [6.45, 7) is 2.02. The van der Waals surface area contributed by atoms with Crippen LogP contribution in [0.1, 0.15) is 5.56 Å². The molecule has 0 amide bonds. The van der Waals surface area contributed by atoms with Gasteiger partial charge < -0.3 is 10.5 Å². The molecule has 0 aliphatic heterocycles. The lowest BCUT2D eigenvalue weighted by molar-refractivity contribution is 0.392. The van der Waals surface area contributed by atoms with Crippen LogP contribution >= 0.6 is 0 Å². The van der Waals surface area contributed by atoms with Crippen LogP contribution in [-0.4, -0.2) is 27.3 Å².